The lowest BCUT2D eigenvalue weighted by Gasteiger charge is -2.34. The standard InChI is InChI=1S/C12H18ClNO4S/c1-8-6-14(7-9(2)17-8)19(15,16)12-4-11(5-13)18-10(12)3/h4,8-9H,5-7H2,1-3H3/t8-,9+. The first-order chi connectivity index (χ1) is 8.84. The van der Waals surface area contributed by atoms with Crippen molar-refractivity contribution in [2.45, 2.75) is 43.8 Å². The van der Waals surface area contributed by atoms with Crippen LogP contribution in [0.15, 0.2) is 15.4 Å². The van der Waals surface area contributed by atoms with Gasteiger partial charge in [-0.3, -0.25) is 0 Å². The van der Waals surface area contributed by atoms with Gasteiger partial charge in [-0.25, -0.2) is 8.42 Å². The molecule has 7 heteroatoms. The largest absolute Gasteiger partial charge is 0.464 e. The van der Waals surface area contributed by atoms with E-state index >= 15 is 0 Å². The Kier molecular flexibility index (Phi) is 4.25. The van der Waals surface area contributed by atoms with Crippen LogP contribution in [0.2, 0.25) is 0 Å². The van der Waals surface area contributed by atoms with Crippen molar-refractivity contribution in [3.63, 3.8) is 0 Å². The molecule has 1 fully saturated rings. The fourth-order valence-electron chi connectivity index (χ4n) is 2.31. The zero-order valence-electron chi connectivity index (χ0n) is 11.2. The third kappa shape index (κ3) is 2.97. The van der Waals surface area contributed by atoms with Crippen molar-refractivity contribution >= 4 is 21.6 Å². The van der Waals surface area contributed by atoms with Gasteiger partial charge in [-0.1, -0.05) is 0 Å². The molecule has 5 nitrogen and oxygen atoms in total. The molecule has 0 spiro atoms. The van der Waals surface area contributed by atoms with Gasteiger partial charge in [0, 0.05) is 19.2 Å². The maximum Gasteiger partial charge on any atom is 0.246 e. The monoisotopic (exact) mass is 307 g/mol. The molecule has 1 aliphatic heterocycles. The first-order valence-corrected chi connectivity index (χ1v) is 8.13. The molecule has 0 amide bonds. The minimum absolute atomic E-state index is 0.113. The maximum atomic E-state index is 12.6. The summed E-state index contributed by atoms with van der Waals surface area (Å²) in [6.07, 6.45) is -0.226. The Bertz CT molecular complexity index is 544. The lowest BCUT2D eigenvalue weighted by molar-refractivity contribution is -0.0441. The van der Waals surface area contributed by atoms with Crippen LogP contribution in [0.1, 0.15) is 25.4 Å². The normalized spacial score (nSPS) is 25.7. The van der Waals surface area contributed by atoms with Crippen molar-refractivity contribution in [1.82, 2.24) is 4.31 Å². The average Bonchev–Trinajstić information content (AvgIpc) is 2.70. The Morgan fingerprint density at radius 1 is 1.37 bits per heavy atom. The molecule has 0 aromatic carbocycles. The van der Waals surface area contributed by atoms with Crippen LogP contribution >= 0.6 is 11.6 Å². The minimum atomic E-state index is -3.55. The van der Waals surface area contributed by atoms with Crippen LogP contribution < -0.4 is 0 Å². The lowest BCUT2D eigenvalue weighted by Crippen LogP contribution is -2.48. The average molecular weight is 308 g/mol. The van der Waals surface area contributed by atoms with Crippen LogP contribution in [-0.4, -0.2) is 38.0 Å². The topological polar surface area (TPSA) is 59.8 Å². The summed E-state index contributed by atoms with van der Waals surface area (Å²) in [6, 6.07) is 1.50. The third-order valence-corrected chi connectivity index (χ3v) is 5.26. The quantitative estimate of drug-likeness (QED) is 0.803. The Morgan fingerprint density at radius 3 is 2.42 bits per heavy atom. The SMILES string of the molecule is Cc1oc(CCl)cc1S(=O)(=O)N1C[C@@H](C)O[C@@H](C)C1. The van der Waals surface area contributed by atoms with Crippen LogP contribution in [0.4, 0.5) is 0 Å². The highest BCUT2D eigenvalue weighted by atomic mass is 35.5. The highest BCUT2D eigenvalue weighted by molar-refractivity contribution is 7.89. The van der Waals surface area contributed by atoms with E-state index in [1.807, 2.05) is 13.8 Å². The van der Waals surface area contributed by atoms with Gasteiger partial charge in [-0.2, -0.15) is 4.31 Å². The van der Waals surface area contributed by atoms with Crippen LogP contribution in [-0.2, 0) is 20.6 Å². The third-order valence-electron chi connectivity index (χ3n) is 3.06. The summed E-state index contributed by atoms with van der Waals surface area (Å²) in [5.74, 6) is 1.00. The molecule has 1 aromatic heterocycles. The molecule has 1 aliphatic rings. The molecule has 0 saturated carbocycles. The number of halogens is 1. The van der Waals surface area contributed by atoms with Gasteiger partial charge >= 0.3 is 0 Å². The highest BCUT2D eigenvalue weighted by Crippen LogP contribution is 2.26. The Hall–Kier alpha value is -0.560. The second kappa shape index (κ2) is 5.44. The molecular weight excluding hydrogens is 290 g/mol. The summed E-state index contributed by atoms with van der Waals surface area (Å²) in [5.41, 5.74) is 0. The highest BCUT2D eigenvalue weighted by Gasteiger charge is 2.34. The van der Waals surface area contributed by atoms with E-state index in [4.69, 9.17) is 20.8 Å². The van der Waals surface area contributed by atoms with E-state index < -0.39 is 10.0 Å². The molecule has 0 radical (unpaired) electrons. The summed E-state index contributed by atoms with van der Waals surface area (Å²) >= 11 is 5.67. The fourth-order valence-corrected chi connectivity index (χ4v) is 4.22. The number of morpholine rings is 1. The zero-order valence-corrected chi connectivity index (χ0v) is 12.8. The van der Waals surface area contributed by atoms with E-state index in [1.54, 1.807) is 6.92 Å². The number of nitrogens with zero attached hydrogens (tertiary/aromatic N) is 1. The molecule has 1 aromatic rings. The van der Waals surface area contributed by atoms with E-state index in [2.05, 4.69) is 0 Å². The summed E-state index contributed by atoms with van der Waals surface area (Å²) in [4.78, 5) is 0.199. The van der Waals surface area contributed by atoms with Gasteiger partial charge in [0.2, 0.25) is 10.0 Å². The summed E-state index contributed by atoms with van der Waals surface area (Å²) in [6.45, 7) is 6.08. The first-order valence-electron chi connectivity index (χ1n) is 6.15. The Labute approximate surface area is 118 Å². The van der Waals surface area contributed by atoms with Gasteiger partial charge in [0.05, 0.1) is 18.1 Å². The molecule has 19 heavy (non-hydrogen) atoms. The molecule has 0 N–H and O–H groups in total. The second-order valence-corrected chi connectivity index (χ2v) is 7.02. The molecule has 1 saturated heterocycles. The van der Waals surface area contributed by atoms with Crippen LogP contribution in [0, 0.1) is 6.92 Å². The molecule has 2 atom stereocenters. The Morgan fingerprint density at radius 2 is 1.95 bits per heavy atom. The van der Waals surface area contributed by atoms with Gasteiger partial charge in [0.1, 0.15) is 16.4 Å². The Balaban J connectivity index is 2.33. The van der Waals surface area contributed by atoms with Crippen molar-refractivity contribution in [2.75, 3.05) is 13.1 Å². The number of aryl methyl sites for hydroxylation is 1. The smallest absolute Gasteiger partial charge is 0.246 e. The van der Waals surface area contributed by atoms with Gasteiger partial charge in [-0.15, -0.1) is 11.6 Å². The fraction of sp³-hybridized carbons (Fsp3) is 0.667. The number of furan rings is 1. The van der Waals surface area contributed by atoms with Crippen molar-refractivity contribution in [3.8, 4) is 0 Å². The van der Waals surface area contributed by atoms with Gasteiger partial charge in [0.15, 0.2) is 0 Å². The first kappa shape index (κ1) is 14.8. The van der Waals surface area contributed by atoms with Crippen molar-refractivity contribution < 1.29 is 17.6 Å². The van der Waals surface area contributed by atoms with Crippen LogP contribution in [0.5, 0.6) is 0 Å². The number of alkyl halides is 1. The number of sulfonamides is 1. The molecule has 0 bridgehead atoms. The number of hydrogen-bond acceptors (Lipinski definition) is 4. The molecular formula is C12H18ClNO4S. The summed E-state index contributed by atoms with van der Waals surface area (Å²) < 4.78 is 37.5. The number of ether oxygens (including phenoxy) is 1. The maximum absolute atomic E-state index is 12.6. The van der Waals surface area contributed by atoms with E-state index in [-0.39, 0.29) is 23.0 Å². The molecule has 2 rings (SSSR count). The van der Waals surface area contributed by atoms with Crippen molar-refractivity contribution in [1.29, 1.82) is 0 Å². The molecule has 108 valence electrons. The predicted octanol–water partition coefficient (Wildman–Crippen LogP) is 2.12. The second-order valence-electron chi connectivity index (χ2n) is 4.85. The number of hydrogen-bond donors (Lipinski definition) is 0. The van der Waals surface area contributed by atoms with Crippen LogP contribution in [0.25, 0.3) is 0 Å². The lowest BCUT2D eigenvalue weighted by atomic mass is 10.3. The van der Waals surface area contributed by atoms with Crippen molar-refractivity contribution in [3.05, 3.63) is 17.6 Å². The van der Waals surface area contributed by atoms with E-state index in [1.165, 1.54) is 10.4 Å². The van der Waals surface area contributed by atoms with Crippen LogP contribution in [0.3, 0.4) is 0 Å². The summed E-state index contributed by atoms with van der Waals surface area (Å²) in [5, 5.41) is 0. The van der Waals surface area contributed by atoms with E-state index in [0.29, 0.717) is 24.6 Å². The van der Waals surface area contributed by atoms with Gasteiger partial charge in [0.25, 0.3) is 0 Å². The van der Waals surface area contributed by atoms with Crippen molar-refractivity contribution in [2.24, 2.45) is 0 Å². The van der Waals surface area contributed by atoms with Gasteiger partial charge in [-0.05, 0) is 20.8 Å². The molecule has 0 unspecified atom stereocenters. The number of rotatable bonds is 3. The van der Waals surface area contributed by atoms with E-state index in [0.717, 1.165) is 0 Å². The predicted molar refractivity (Wildman–Crippen MR) is 71.8 cm³/mol. The summed E-state index contributed by atoms with van der Waals surface area (Å²) in [7, 11) is -3.55. The van der Waals surface area contributed by atoms with E-state index in [9.17, 15) is 8.42 Å². The zero-order chi connectivity index (χ0) is 14.2. The minimum Gasteiger partial charge on any atom is -0.464 e. The molecule has 2 heterocycles. The molecule has 0 aliphatic carbocycles. The van der Waals surface area contributed by atoms with Gasteiger partial charge < -0.3 is 9.15 Å².